The molecule has 0 atom stereocenters. The Bertz CT molecular complexity index is 728. The Kier molecular flexibility index (Phi) is 10.1. The summed E-state index contributed by atoms with van der Waals surface area (Å²) in [6, 6.07) is 11.1. The molecule has 0 aliphatic rings. The van der Waals surface area contributed by atoms with E-state index in [1.807, 2.05) is 23.5 Å². The molecule has 2 aromatic rings. The molecular formula is C23H32O2S2. The van der Waals surface area contributed by atoms with Crippen LogP contribution in [0.2, 0.25) is 0 Å². The predicted octanol–water partition coefficient (Wildman–Crippen LogP) is 7.42. The molecule has 0 radical (unpaired) electrons. The van der Waals surface area contributed by atoms with Crippen molar-refractivity contribution < 1.29 is 9.90 Å². The second-order valence-corrected chi connectivity index (χ2v) is 9.15. The summed E-state index contributed by atoms with van der Waals surface area (Å²) < 4.78 is 0. The summed E-state index contributed by atoms with van der Waals surface area (Å²) in [6.45, 7) is 4.49. The van der Waals surface area contributed by atoms with Crippen molar-refractivity contribution in [2.24, 2.45) is 0 Å². The van der Waals surface area contributed by atoms with E-state index < -0.39 is 5.97 Å². The van der Waals surface area contributed by atoms with E-state index in [4.69, 9.17) is 5.11 Å². The van der Waals surface area contributed by atoms with Crippen molar-refractivity contribution >= 4 is 40.3 Å². The van der Waals surface area contributed by atoms with Gasteiger partial charge in [-0.25, -0.2) is 0 Å². The van der Waals surface area contributed by atoms with Crippen molar-refractivity contribution in [3.8, 4) is 0 Å². The van der Waals surface area contributed by atoms with Gasteiger partial charge < -0.3 is 5.11 Å². The average molecular weight is 405 g/mol. The molecule has 2 rings (SSSR count). The van der Waals surface area contributed by atoms with Crippen LogP contribution in [0.15, 0.2) is 40.1 Å². The lowest BCUT2D eigenvalue weighted by molar-refractivity contribution is -0.137. The second-order valence-electron chi connectivity index (χ2n) is 6.91. The minimum absolute atomic E-state index is 0.295. The molecule has 0 saturated heterocycles. The van der Waals surface area contributed by atoms with Crippen LogP contribution in [0, 0.1) is 0 Å². The second kappa shape index (κ2) is 12.4. The predicted molar refractivity (Wildman–Crippen MR) is 120 cm³/mol. The molecule has 4 heteroatoms. The van der Waals surface area contributed by atoms with Crippen LogP contribution < -0.4 is 0 Å². The van der Waals surface area contributed by atoms with Crippen LogP contribution in [-0.4, -0.2) is 22.6 Å². The van der Waals surface area contributed by atoms with Crippen LogP contribution >= 0.6 is 23.5 Å². The van der Waals surface area contributed by atoms with E-state index in [-0.39, 0.29) is 0 Å². The van der Waals surface area contributed by atoms with Crippen molar-refractivity contribution in [3.05, 3.63) is 35.9 Å². The van der Waals surface area contributed by atoms with E-state index in [1.54, 1.807) is 0 Å². The van der Waals surface area contributed by atoms with Gasteiger partial charge in [-0.15, -0.1) is 23.5 Å². The molecule has 0 bridgehead atoms. The maximum Gasteiger partial charge on any atom is 0.303 e. The number of aryl methyl sites for hydroxylation is 1. The van der Waals surface area contributed by atoms with Gasteiger partial charge in [0.2, 0.25) is 0 Å². The maximum absolute atomic E-state index is 10.7. The first kappa shape index (κ1) is 22.2. The highest BCUT2D eigenvalue weighted by Gasteiger charge is 2.14. The number of aliphatic carboxylic acids is 1. The van der Waals surface area contributed by atoms with Gasteiger partial charge in [0, 0.05) is 16.2 Å². The molecule has 0 aliphatic heterocycles. The molecule has 0 aromatic heterocycles. The highest BCUT2D eigenvalue weighted by molar-refractivity contribution is 8.02. The normalized spacial score (nSPS) is 11.2. The minimum atomic E-state index is -0.681. The maximum atomic E-state index is 10.7. The number of benzene rings is 2. The highest BCUT2D eigenvalue weighted by atomic mass is 32.2. The summed E-state index contributed by atoms with van der Waals surface area (Å²) in [5.74, 6) is 1.64. The van der Waals surface area contributed by atoms with E-state index in [0.29, 0.717) is 6.42 Å². The van der Waals surface area contributed by atoms with E-state index >= 15 is 0 Å². The third-order valence-corrected chi connectivity index (χ3v) is 7.29. The summed E-state index contributed by atoms with van der Waals surface area (Å²) >= 11 is 4.00. The van der Waals surface area contributed by atoms with Gasteiger partial charge in [0.1, 0.15) is 0 Å². The van der Waals surface area contributed by atoms with E-state index in [1.165, 1.54) is 39.0 Å². The molecule has 0 spiro atoms. The van der Waals surface area contributed by atoms with Crippen molar-refractivity contribution in [1.82, 2.24) is 0 Å². The number of carboxylic acid groups (broad SMARTS) is 1. The van der Waals surface area contributed by atoms with Gasteiger partial charge in [-0.05, 0) is 66.0 Å². The molecular weight excluding hydrogens is 372 g/mol. The van der Waals surface area contributed by atoms with Gasteiger partial charge in [-0.1, -0.05) is 51.0 Å². The number of fused-ring (bicyclic) bond motifs is 1. The van der Waals surface area contributed by atoms with Crippen LogP contribution in [-0.2, 0) is 11.2 Å². The van der Waals surface area contributed by atoms with Crippen molar-refractivity contribution in [1.29, 1.82) is 0 Å². The molecule has 2 nitrogen and oxygen atoms in total. The number of hydrogen-bond donors (Lipinski definition) is 1. The topological polar surface area (TPSA) is 37.3 Å². The minimum Gasteiger partial charge on any atom is -0.481 e. The van der Waals surface area contributed by atoms with Gasteiger partial charge in [0.25, 0.3) is 0 Å². The quantitative estimate of drug-likeness (QED) is 0.278. The molecule has 0 fully saturated rings. The number of thioether (sulfide) groups is 2. The molecule has 0 unspecified atom stereocenters. The van der Waals surface area contributed by atoms with Crippen LogP contribution in [0.4, 0.5) is 0 Å². The van der Waals surface area contributed by atoms with Crippen LogP contribution in [0.3, 0.4) is 0 Å². The van der Waals surface area contributed by atoms with Crippen molar-refractivity contribution in [3.63, 3.8) is 0 Å². The Morgan fingerprint density at radius 1 is 0.963 bits per heavy atom. The van der Waals surface area contributed by atoms with Crippen LogP contribution in [0.5, 0.6) is 0 Å². The van der Waals surface area contributed by atoms with Gasteiger partial charge in [0.15, 0.2) is 0 Å². The first-order chi connectivity index (χ1) is 13.2. The molecule has 27 heavy (non-hydrogen) atoms. The fourth-order valence-electron chi connectivity index (χ4n) is 3.24. The molecule has 0 heterocycles. The highest BCUT2D eigenvalue weighted by Crippen LogP contribution is 2.40. The van der Waals surface area contributed by atoms with Crippen LogP contribution in [0.1, 0.15) is 64.4 Å². The van der Waals surface area contributed by atoms with Crippen molar-refractivity contribution in [2.45, 2.75) is 75.0 Å². The van der Waals surface area contributed by atoms with Crippen molar-refractivity contribution in [2.75, 3.05) is 11.5 Å². The first-order valence-electron chi connectivity index (χ1n) is 10.2. The largest absolute Gasteiger partial charge is 0.481 e. The van der Waals surface area contributed by atoms with Gasteiger partial charge in [0.05, 0.1) is 0 Å². The van der Waals surface area contributed by atoms with Gasteiger partial charge in [-0.2, -0.15) is 0 Å². The number of unbranched alkanes of at least 4 members (excludes halogenated alkanes) is 3. The van der Waals surface area contributed by atoms with E-state index in [9.17, 15) is 4.79 Å². The first-order valence-corrected chi connectivity index (χ1v) is 12.2. The molecule has 1 N–H and O–H groups in total. The van der Waals surface area contributed by atoms with E-state index in [0.717, 1.165) is 43.6 Å². The molecule has 148 valence electrons. The Morgan fingerprint density at radius 3 is 2.41 bits per heavy atom. The Hall–Kier alpha value is -1.13. The van der Waals surface area contributed by atoms with E-state index in [2.05, 4.69) is 44.2 Å². The summed E-state index contributed by atoms with van der Waals surface area (Å²) in [7, 11) is 0. The standard InChI is InChI=1S/C23H32O2S2/c1-3-15-26-21-17-18-11-9-10-12-19(18)20(23(21)27-16-4-2)13-7-5-6-8-14-22(24)25/h9-12,17H,3-8,13-16H2,1-2H3,(H,24,25). The summed E-state index contributed by atoms with van der Waals surface area (Å²) in [5.41, 5.74) is 1.50. The summed E-state index contributed by atoms with van der Waals surface area (Å²) in [5, 5.41) is 11.5. The Morgan fingerprint density at radius 2 is 1.67 bits per heavy atom. The number of carboxylic acids is 1. The zero-order chi connectivity index (χ0) is 19.5. The molecule has 2 aromatic carbocycles. The molecule has 0 aliphatic carbocycles. The fourth-order valence-corrected chi connectivity index (χ4v) is 5.47. The number of carbonyl (C=O) groups is 1. The fraction of sp³-hybridized carbons (Fsp3) is 0.522. The molecule has 0 amide bonds. The lowest BCUT2D eigenvalue weighted by atomic mass is 9.99. The van der Waals surface area contributed by atoms with Gasteiger partial charge in [-0.3, -0.25) is 4.79 Å². The zero-order valence-corrected chi connectivity index (χ0v) is 18.3. The third-order valence-electron chi connectivity index (χ3n) is 4.55. The number of rotatable bonds is 13. The zero-order valence-electron chi connectivity index (χ0n) is 16.6. The molecule has 0 saturated carbocycles. The smallest absolute Gasteiger partial charge is 0.303 e. The summed E-state index contributed by atoms with van der Waals surface area (Å²) in [6.07, 6.45) is 7.78. The Balaban J connectivity index is 2.21. The average Bonchev–Trinajstić information content (AvgIpc) is 2.67. The van der Waals surface area contributed by atoms with Gasteiger partial charge >= 0.3 is 5.97 Å². The lowest BCUT2D eigenvalue weighted by Gasteiger charge is -2.17. The lowest BCUT2D eigenvalue weighted by Crippen LogP contribution is -1.97. The van der Waals surface area contributed by atoms with Crippen LogP contribution in [0.25, 0.3) is 10.8 Å². The number of hydrogen-bond acceptors (Lipinski definition) is 3. The SMILES string of the molecule is CCCSc1cc2ccccc2c(CCCCCCC(=O)O)c1SCCC. The third kappa shape index (κ3) is 7.08. The Labute approximate surface area is 172 Å². The monoisotopic (exact) mass is 404 g/mol. The summed E-state index contributed by atoms with van der Waals surface area (Å²) in [4.78, 5) is 13.6.